The lowest BCUT2D eigenvalue weighted by atomic mass is 10.1. The van der Waals surface area contributed by atoms with Crippen molar-refractivity contribution >= 4 is 5.69 Å². The van der Waals surface area contributed by atoms with Gasteiger partial charge in [0, 0.05) is 19.6 Å². The molecule has 1 aromatic carbocycles. The van der Waals surface area contributed by atoms with E-state index in [9.17, 15) is 4.39 Å². The van der Waals surface area contributed by atoms with Gasteiger partial charge in [-0.2, -0.15) is 0 Å². The molecular formula is C14H20FN2O. The van der Waals surface area contributed by atoms with Crippen molar-refractivity contribution in [1.82, 2.24) is 4.90 Å². The average molecular weight is 251 g/mol. The van der Waals surface area contributed by atoms with E-state index in [-0.39, 0.29) is 17.6 Å². The molecule has 0 amide bonds. The minimum Gasteiger partial charge on any atom is -0.396 e. The van der Waals surface area contributed by atoms with Crippen molar-refractivity contribution in [3.63, 3.8) is 0 Å². The highest BCUT2D eigenvalue weighted by molar-refractivity contribution is 5.42. The Bertz CT molecular complexity index is 409. The van der Waals surface area contributed by atoms with Crippen LogP contribution >= 0.6 is 0 Å². The van der Waals surface area contributed by atoms with E-state index in [0.717, 1.165) is 25.2 Å². The first-order chi connectivity index (χ1) is 8.56. The molecule has 1 aliphatic rings. The number of nitrogens with zero attached hydrogens (tertiary/aromatic N) is 1. The number of hydrogen-bond donors (Lipinski definition) is 1. The van der Waals surface area contributed by atoms with E-state index in [4.69, 9.17) is 10.5 Å². The number of morpholine rings is 1. The maximum Gasteiger partial charge on any atom is 0.146 e. The highest BCUT2D eigenvalue weighted by Gasteiger charge is 2.22. The second-order valence-electron chi connectivity index (χ2n) is 5.08. The molecule has 99 valence electrons. The van der Waals surface area contributed by atoms with Gasteiger partial charge in [0.15, 0.2) is 0 Å². The minimum atomic E-state index is -0.369. The number of ether oxygens (including phenoxy) is 1. The summed E-state index contributed by atoms with van der Waals surface area (Å²) in [5.74, 6) is 1.01. The van der Waals surface area contributed by atoms with Gasteiger partial charge in [-0.15, -0.1) is 0 Å². The first-order valence-electron chi connectivity index (χ1n) is 6.24. The van der Waals surface area contributed by atoms with E-state index in [1.807, 2.05) is 6.07 Å². The molecule has 1 saturated heterocycles. The molecule has 1 radical (unpaired) electrons. The zero-order valence-electron chi connectivity index (χ0n) is 10.9. The summed E-state index contributed by atoms with van der Waals surface area (Å²) < 4.78 is 19.2. The molecule has 1 aliphatic heterocycles. The second kappa shape index (κ2) is 5.67. The molecule has 0 aliphatic carbocycles. The molecule has 18 heavy (non-hydrogen) atoms. The zero-order chi connectivity index (χ0) is 13.1. The van der Waals surface area contributed by atoms with Gasteiger partial charge in [0.2, 0.25) is 0 Å². The van der Waals surface area contributed by atoms with Crippen LogP contribution in [0.2, 0.25) is 0 Å². The van der Waals surface area contributed by atoms with Gasteiger partial charge in [0.1, 0.15) is 5.82 Å². The molecule has 1 aromatic rings. The van der Waals surface area contributed by atoms with E-state index in [1.165, 1.54) is 12.0 Å². The van der Waals surface area contributed by atoms with Gasteiger partial charge >= 0.3 is 0 Å². The van der Waals surface area contributed by atoms with Crippen LogP contribution in [0.5, 0.6) is 0 Å². The van der Waals surface area contributed by atoms with Crippen molar-refractivity contribution in [2.24, 2.45) is 0 Å². The molecule has 1 fully saturated rings. The third-order valence-electron chi connectivity index (χ3n) is 3.09. The topological polar surface area (TPSA) is 38.5 Å². The highest BCUT2D eigenvalue weighted by Crippen LogP contribution is 2.25. The summed E-state index contributed by atoms with van der Waals surface area (Å²) in [6.45, 7) is 7.62. The van der Waals surface area contributed by atoms with Crippen LogP contribution in [0.15, 0.2) is 18.2 Å². The van der Waals surface area contributed by atoms with Crippen LogP contribution in [0, 0.1) is 11.7 Å². The molecule has 4 heteroatoms. The monoisotopic (exact) mass is 251 g/mol. The summed E-state index contributed by atoms with van der Waals surface area (Å²) in [6, 6.07) is 4.92. The standard InChI is InChI=1S/C14H20FN2O/c1-10(2)8-17-5-6-18-14(9-17)11-3-4-13(16)12(15)7-11/h3-4,7,14H,5-6,8-9,16H2,1-2H3/t14-/m1/s1. The Morgan fingerprint density at radius 3 is 2.94 bits per heavy atom. The minimum absolute atomic E-state index is 0.0619. The van der Waals surface area contributed by atoms with Crippen LogP contribution in [0.3, 0.4) is 0 Å². The first kappa shape index (κ1) is 13.3. The number of nitrogens with two attached hydrogens (primary N) is 1. The van der Waals surface area contributed by atoms with Crippen LogP contribution in [0.4, 0.5) is 10.1 Å². The van der Waals surface area contributed by atoms with Gasteiger partial charge in [0.25, 0.3) is 0 Å². The van der Waals surface area contributed by atoms with E-state index in [0.29, 0.717) is 6.61 Å². The Hall–Kier alpha value is -1.13. The normalized spacial score (nSPS) is 21.4. The summed E-state index contributed by atoms with van der Waals surface area (Å²) in [5.41, 5.74) is 6.53. The number of anilines is 1. The van der Waals surface area contributed by atoms with Crippen molar-refractivity contribution in [1.29, 1.82) is 0 Å². The average Bonchev–Trinajstić information content (AvgIpc) is 2.32. The van der Waals surface area contributed by atoms with Crippen molar-refractivity contribution in [3.05, 3.63) is 35.5 Å². The second-order valence-corrected chi connectivity index (χ2v) is 5.08. The lowest BCUT2D eigenvalue weighted by Gasteiger charge is -2.34. The van der Waals surface area contributed by atoms with Crippen LogP contribution in [0.1, 0.15) is 25.5 Å². The number of rotatable bonds is 3. The van der Waals surface area contributed by atoms with E-state index in [1.54, 1.807) is 6.07 Å². The Kier molecular flexibility index (Phi) is 4.19. The fourth-order valence-electron chi connectivity index (χ4n) is 2.24. The lowest BCUT2D eigenvalue weighted by molar-refractivity contribution is -0.0284. The Morgan fingerprint density at radius 2 is 2.28 bits per heavy atom. The summed E-state index contributed by atoms with van der Waals surface area (Å²) in [6.07, 6.45) is -0.0619. The molecule has 1 atom stereocenters. The Labute approximate surface area is 108 Å². The van der Waals surface area contributed by atoms with Crippen molar-refractivity contribution < 1.29 is 9.13 Å². The Balaban J connectivity index is 2.05. The van der Waals surface area contributed by atoms with Gasteiger partial charge in [0.05, 0.1) is 18.4 Å². The summed E-state index contributed by atoms with van der Waals surface area (Å²) in [5, 5.41) is 0. The largest absolute Gasteiger partial charge is 0.396 e. The number of nitrogen functional groups attached to an aromatic ring is 1. The molecular weight excluding hydrogens is 231 g/mol. The summed E-state index contributed by atoms with van der Waals surface area (Å²) in [7, 11) is 0. The maximum atomic E-state index is 13.4. The van der Waals surface area contributed by atoms with Crippen molar-refractivity contribution in [2.45, 2.75) is 20.0 Å². The van der Waals surface area contributed by atoms with Crippen LogP contribution in [-0.4, -0.2) is 31.1 Å². The smallest absolute Gasteiger partial charge is 0.146 e. The maximum absolute atomic E-state index is 13.4. The van der Waals surface area contributed by atoms with E-state index in [2.05, 4.69) is 18.7 Å². The van der Waals surface area contributed by atoms with Crippen molar-refractivity contribution in [2.75, 3.05) is 32.0 Å². The molecule has 3 nitrogen and oxygen atoms in total. The molecule has 1 heterocycles. The van der Waals surface area contributed by atoms with Crippen LogP contribution in [-0.2, 0) is 4.74 Å². The van der Waals surface area contributed by atoms with Crippen LogP contribution < -0.4 is 5.73 Å². The summed E-state index contributed by atoms with van der Waals surface area (Å²) >= 11 is 0. The van der Waals surface area contributed by atoms with Gasteiger partial charge in [-0.1, -0.05) is 19.9 Å². The SMILES string of the molecule is C[C](C)CN1CCO[C@@H](c2ccc(N)c(F)c2)C1. The zero-order valence-corrected chi connectivity index (χ0v) is 10.9. The van der Waals surface area contributed by atoms with E-state index >= 15 is 0 Å². The summed E-state index contributed by atoms with van der Waals surface area (Å²) in [4.78, 5) is 2.33. The first-order valence-corrected chi connectivity index (χ1v) is 6.24. The fraction of sp³-hybridized carbons (Fsp3) is 0.500. The lowest BCUT2D eigenvalue weighted by Crippen LogP contribution is -2.39. The number of hydrogen-bond acceptors (Lipinski definition) is 3. The van der Waals surface area contributed by atoms with Crippen LogP contribution in [0.25, 0.3) is 0 Å². The predicted molar refractivity (Wildman–Crippen MR) is 70.5 cm³/mol. The number of halogens is 1. The highest BCUT2D eigenvalue weighted by atomic mass is 19.1. The quantitative estimate of drug-likeness (QED) is 0.838. The molecule has 0 saturated carbocycles. The van der Waals surface area contributed by atoms with E-state index < -0.39 is 0 Å². The molecule has 0 bridgehead atoms. The van der Waals surface area contributed by atoms with Gasteiger partial charge < -0.3 is 10.5 Å². The Morgan fingerprint density at radius 1 is 1.50 bits per heavy atom. The molecule has 2 rings (SSSR count). The third-order valence-corrected chi connectivity index (χ3v) is 3.09. The molecule has 0 unspecified atom stereocenters. The molecule has 0 aromatic heterocycles. The molecule has 2 N–H and O–H groups in total. The number of benzene rings is 1. The third kappa shape index (κ3) is 3.21. The van der Waals surface area contributed by atoms with Gasteiger partial charge in [-0.3, -0.25) is 4.90 Å². The van der Waals surface area contributed by atoms with Gasteiger partial charge in [-0.05, 0) is 23.6 Å². The molecule has 0 spiro atoms. The predicted octanol–water partition coefficient (Wildman–Crippen LogP) is 2.40. The van der Waals surface area contributed by atoms with Gasteiger partial charge in [-0.25, -0.2) is 4.39 Å². The van der Waals surface area contributed by atoms with Crippen molar-refractivity contribution in [3.8, 4) is 0 Å². The fourth-order valence-corrected chi connectivity index (χ4v) is 2.24.